The van der Waals surface area contributed by atoms with Crippen LogP contribution in [0.2, 0.25) is 0 Å². The van der Waals surface area contributed by atoms with Gasteiger partial charge in [-0.25, -0.2) is 0 Å². The van der Waals surface area contributed by atoms with Crippen molar-refractivity contribution in [3.63, 3.8) is 0 Å². The second kappa shape index (κ2) is 9.56. The van der Waals surface area contributed by atoms with Gasteiger partial charge >= 0.3 is 0 Å². The molecule has 1 heterocycles. The lowest BCUT2D eigenvalue weighted by Crippen LogP contribution is -2.24. The van der Waals surface area contributed by atoms with E-state index in [0.717, 1.165) is 42.5 Å². The number of methoxy groups -OCH3 is 1. The molecule has 0 aliphatic heterocycles. The van der Waals surface area contributed by atoms with Crippen molar-refractivity contribution in [1.82, 2.24) is 0 Å². The molecule has 0 radical (unpaired) electrons. The average Bonchev–Trinajstić information content (AvgIpc) is 2.87. The largest absolute Gasteiger partial charge is 0.550 e. The van der Waals surface area contributed by atoms with E-state index in [1.165, 1.54) is 11.3 Å². The number of rotatable bonds is 7. The average molecular weight is 415 g/mol. The number of benzene rings is 1. The number of carbonyl (C=O) groups is 3. The van der Waals surface area contributed by atoms with Crippen LogP contribution in [0.4, 0.5) is 10.7 Å². The van der Waals surface area contributed by atoms with Crippen LogP contribution in [0.5, 0.6) is 5.75 Å². The lowest BCUT2D eigenvalue weighted by molar-refractivity contribution is -0.305. The van der Waals surface area contributed by atoms with Crippen molar-refractivity contribution in [2.45, 2.75) is 44.9 Å². The van der Waals surface area contributed by atoms with Gasteiger partial charge in [-0.05, 0) is 61.9 Å². The van der Waals surface area contributed by atoms with Crippen molar-refractivity contribution in [2.75, 3.05) is 17.7 Å². The standard InChI is InChI=1S/C21H24N2O5S/c1-28-14-9-7-13(8-10-14)22-20(27)19-15-5-3-2-4-6-16(15)29-21(19)23-17(24)11-12-18(25)26/h7-10H,2-6,11-12H2,1H3,(H,22,27)(H,23,24)(H,25,26)/p-1. The van der Waals surface area contributed by atoms with Crippen LogP contribution < -0.4 is 20.5 Å². The predicted molar refractivity (Wildman–Crippen MR) is 109 cm³/mol. The van der Waals surface area contributed by atoms with Gasteiger partial charge in [-0.2, -0.15) is 0 Å². The van der Waals surface area contributed by atoms with Crippen molar-refractivity contribution in [2.24, 2.45) is 0 Å². The number of aliphatic carboxylic acids is 1. The topological polar surface area (TPSA) is 108 Å². The maximum atomic E-state index is 13.1. The van der Waals surface area contributed by atoms with Gasteiger partial charge < -0.3 is 25.3 Å². The highest BCUT2D eigenvalue weighted by Crippen LogP contribution is 2.38. The van der Waals surface area contributed by atoms with Crippen LogP contribution in [0.3, 0.4) is 0 Å². The number of carboxylic acid groups (broad SMARTS) is 1. The highest BCUT2D eigenvalue weighted by atomic mass is 32.1. The minimum Gasteiger partial charge on any atom is -0.550 e. The summed E-state index contributed by atoms with van der Waals surface area (Å²) in [6.45, 7) is 0. The SMILES string of the molecule is COc1ccc(NC(=O)c2c(NC(=O)CCC(=O)[O-])sc3c2CCCCC3)cc1. The molecule has 2 aromatic rings. The Morgan fingerprint density at radius 2 is 1.76 bits per heavy atom. The summed E-state index contributed by atoms with van der Waals surface area (Å²) in [5, 5.41) is 16.7. The molecule has 7 nitrogen and oxygen atoms in total. The molecule has 1 aromatic heterocycles. The number of carbonyl (C=O) groups excluding carboxylic acids is 3. The minimum absolute atomic E-state index is 0.190. The first-order valence-corrected chi connectivity index (χ1v) is 10.4. The van der Waals surface area contributed by atoms with E-state index in [2.05, 4.69) is 10.6 Å². The summed E-state index contributed by atoms with van der Waals surface area (Å²) in [4.78, 5) is 37.0. The van der Waals surface area contributed by atoms with Crippen molar-refractivity contribution >= 4 is 39.8 Å². The fraction of sp³-hybridized carbons (Fsp3) is 0.381. The number of ether oxygens (including phenoxy) is 1. The number of nitrogens with one attached hydrogen (secondary N) is 2. The first kappa shape index (κ1) is 20.9. The Labute approximate surface area is 173 Å². The Hall–Kier alpha value is -2.87. The van der Waals surface area contributed by atoms with Crippen molar-refractivity contribution < 1.29 is 24.2 Å². The van der Waals surface area contributed by atoms with Crippen LogP contribution in [0.1, 0.15) is 52.9 Å². The lowest BCUT2D eigenvalue weighted by atomic mass is 10.0. The maximum absolute atomic E-state index is 13.1. The summed E-state index contributed by atoms with van der Waals surface area (Å²) in [5.41, 5.74) is 2.08. The molecule has 2 amide bonds. The molecule has 29 heavy (non-hydrogen) atoms. The third-order valence-electron chi connectivity index (χ3n) is 4.81. The maximum Gasteiger partial charge on any atom is 0.258 e. The number of aryl methyl sites for hydroxylation is 1. The third-order valence-corrected chi connectivity index (χ3v) is 6.01. The van der Waals surface area contributed by atoms with E-state index in [1.807, 2.05) is 0 Å². The van der Waals surface area contributed by atoms with E-state index >= 15 is 0 Å². The molecular formula is C21H23N2O5S-. The molecule has 0 fully saturated rings. The van der Waals surface area contributed by atoms with Gasteiger partial charge in [0.1, 0.15) is 10.8 Å². The van der Waals surface area contributed by atoms with E-state index in [4.69, 9.17) is 4.74 Å². The summed E-state index contributed by atoms with van der Waals surface area (Å²) in [5.74, 6) is -1.32. The molecule has 8 heteroatoms. The molecule has 1 aliphatic carbocycles. The summed E-state index contributed by atoms with van der Waals surface area (Å²) in [6, 6.07) is 7.01. The number of anilines is 2. The lowest BCUT2D eigenvalue weighted by Gasteiger charge is -2.11. The van der Waals surface area contributed by atoms with Crippen LogP contribution in [0.25, 0.3) is 0 Å². The number of hydrogen-bond donors (Lipinski definition) is 2. The second-order valence-corrected chi connectivity index (χ2v) is 7.98. The highest BCUT2D eigenvalue weighted by Gasteiger charge is 2.25. The Bertz CT molecular complexity index is 905. The van der Waals surface area contributed by atoms with Crippen LogP contribution >= 0.6 is 11.3 Å². The Kier molecular flexibility index (Phi) is 6.87. The van der Waals surface area contributed by atoms with E-state index in [-0.39, 0.29) is 18.7 Å². The van der Waals surface area contributed by atoms with Crippen molar-refractivity contribution in [3.05, 3.63) is 40.3 Å². The molecule has 1 aromatic carbocycles. The predicted octanol–water partition coefficient (Wildman–Crippen LogP) is 2.75. The van der Waals surface area contributed by atoms with Gasteiger partial charge in [-0.1, -0.05) is 6.42 Å². The molecule has 154 valence electrons. The first-order valence-electron chi connectivity index (χ1n) is 9.57. The summed E-state index contributed by atoms with van der Waals surface area (Å²) in [7, 11) is 1.57. The van der Waals surface area contributed by atoms with E-state index in [0.29, 0.717) is 22.0 Å². The zero-order chi connectivity index (χ0) is 20.8. The molecular weight excluding hydrogens is 392 g/mol. The monoisotopic (exact) mass is 415 g/mol. The molecule has 0 bridgehead atoms. The van der Waals surface area contributed by atoms with Crippen LogP contribution in [-0.4, -0.2) is 24.9 Å². The van der Waals surface area contributed by atoms with Crippen LogP contribution in [0, 0.1) is 0 Å². The number of carboxylic acids is 1. The molecule has 0 saturated carbocycles. The van der Waals surface area contributed by atoms with Gasteiger partial charge in [0.15, 0.2) is 0 Å². The van der Waals surface area contributed by atoms with E-state index < -0.39 is 11.9 Å². The van der Waals surface area contributed by atoms with Gasteiger partial charge in [0.05, 0.1) is 12.7 Å². The first-order chi connectivity index (χ1) is 14.0. The van der Waals surface area contributed by atoms with Gasteiger partial charge in [0.25, 0.3) is 5.91 Å². The zero-order valence-corrected chi connectivity index (χ0v) is 17.0. The molecule has 0 spiro atoms. The van der Waals surface area contributed by atoms with Gasteiger partial charge in [-0.15, -0.1) is 11.3 Å². The van der Waals surface area contributed by atoms with Gasteiger partial charge in [0.2, 0.25) is 5.91 Å². The molecule has 0 saturated heterocycles. The normalized spacial score (nSPS) is 13.1. The second-order valence-electron chi connectivity index (χ2n) is 6.87. The summed E-state index contributed by atoms with van der Waals surface area (Å²) < 4.78 is 5.13. The minimum atomic E-state index is -1.28. The number of thiophene rings is 1. The number of fused-ring (bicyclic) bond motifs is 1. The molecule has 0 atom stereocenters. The van der Waals surface area contributed by atoms with E-state index in [1.54, 1.807) is 31.4 Å². The third kappa shape index (κ3) is 5.35. The highest BCUT2D eigenvalue weighted by molar-refractivity contribution is 7.17. The number of hydrogen-bond acceptors (Lipinski definition) is 6. The number of amides is 2. The van der Waals surface area contributed by atoms with Gasteiger partial charge in [0, 0.05) is 23.0 Å². The van der Waals surface area contributed by atoms with Gasteiger partial charge in [-0.3, -0.25) is 9.59 Å². The molecule has 3 rings (SSSR count). The fourth-order valence-corrected chi connectivity index (χ4v) is 4.65. The Balaban J connectivity index is 1.85. The summed E-state index contributed by atoms with van der Waals surface area (Å²) >= 11 is 1.41. The molecule has 1 aliphatic rings. The van der Waals surface area contributed by atoms with Crippen LogP contribution in [-0.2, 0) is 22.4 Å². The Morgan fingerprint density at radius 3 is 2.45 bits per heavy atom. The quantitative estimate of drug-likeness (QED) is 0.676. The van der Waals surface area contributed by atoms with E-state index in [9.17, 15) is 19.5 Å². The summed E-state index contributed by atoms with van der Waals surface area (Å²) in [6.07, 6.45) is 4.25. The van der Waals surface area contributed by atoms with Crippen LogP contribution in [0.15, 0.2) is 24.3 Å². The van der Waals surface area contributed by atoms with Crippen molar-refractivity contribution in [1.29, 1.82) is 0 Å². The Morgan fingerprint density at radius 1 is 1.03 bits per heavy atom. The zero-order valence-electron chi connectivity index (χ0n) is 16.2. The molecule has 2 N–H and O–H groups in total. The smallest absolute Gasteiger partial charge is 0.258 e. The molecule has 0 unspecified atom stereocenters. The van der Waals surface area contributed by atoms with Crippen molar-refractivity contribution in [3.8, 4) is 5.75 Å². The fourth-order valence-electron chi connectivity index (χ4n) is 3.34.